The Morgan fingerprint density at radius 1 is 1.22 bits per heavy atom. The van der Waals surface area contributed by atoms with Gasteiger partial charge >= 0.3 is 0 Å². The van der Waals surface area contributed by atoms with E-state index in [0.29, 0.717) is 16.6 Å². The molecular formula is C14H10BrFN2. The molecule has 0 radical (unpaired) electrons. The van der Waals surface area contributed by atoms with Gasteiger partial charge in [-0.2, -0.15) is 5.26 Å². The predicted molar refractivity (Wildman–Crippen MR) is 72.6 cm³/mol. The molecule has 0 aliphatic carbocycles. The van der Waals surface area contributed by atoms with Gasteiger partial charge in [-0.25, -0.2) is 4.39 Å². The van der Waals surface area contributed by atoms with Crippen molar-refractivity contribution in [2.45, 2.75) is 6.54 Å². The molecule has 0 heterocycles. The number of hydrogen-bond donors (Lipinski definition) is 1. The molecule has 0 spiro atoms. The Morgan fingerprint density at radius 3 is 2.72 bits per heavy atom. The van der Waals surface area contributed by atoms with Gasteiger partial charge < -0.3 is 5.32 Å². The molecule has 0 aliphatic rings. The van der Waals surface area contributed by atoms with E-state index in [4.69, 9.17) is 5.26 Å². The van der Waals surface area contributed by atoms with Crippen LogP contribution in [0, 0.1) is 17.1 Å². The summed E-state index contributed by atoms with van der Waals surface area (Å²) in [5.74, 6) is -0.294. The number of nitrogens with zero attached hydrogens (tertiary/aromatic N) is 1. The van der Waals surface area contributed by atoms with E-state index in [0.717, 1.165) is 11.3 Å². The van der Waals surface area contributed by atoms with E-state index in [9.17, 15) is 4.39 Å². The third kappa shape index (κ3) is 2.88. The lowest BCUT2D eigenvalue weighted by Gasteiger charge is -2.08. The first-order valence-corrected chi connectivity index (χ1v) is 6.17. The Morgan fingerprint density at radius 2 is 2.00 bits per heavy atom. The molecule has 4 heteroatoms. The van der Waals surface area contributed by atoms with Crippen LogP contribution in [0.5, 0.6) is 0 Å². The topological polar surface area (TPSA) is 35.8 Å². The maximum absolute atomic E-state index is 13.1. The fraction of sp³-hybridized carbons (Fsp3) is 0.0714. The summed E-state index contributed by atoms with van der Waals surface area (Å²) in [4.78, 5) is 0. The number of halogens is 2. The molecule has 0 aromatic heterocycles. The summed E-state index contributed by atoms with van der Waals surface area (Å²) in [5.41, 5.74) is 2.36. The van der Waals surface area contributed by atoms with Crippen LogP contribution in [0.3, 0.4) is 0 Å². The predicted octanol–water partition coefficient (Wildman–Crippen LogP) is 4.07. The van der Waals surface area contributed by atoms with Crippen molar-refractivity contribution < 1.29 is 4.39 Å². The molecule has 0 unspecified atom stereocenters. The van der Waals surface area contributed by atoms with E-state index in [1.165, 1.54) is 6.07 Å². The van der Waals surface area contributed by atoms with Gasteiger partial charge in [0.2, 0.25) is 0 Å². The Balaban J connectivity index is 2.12. The van der Waals surface area contributed by atoms with Gasteiger partial charge in [0, 0.05) is 12.2 Å². The third-order valence-corrected chi connectivity index (χ3v) is 3.15. The molecule has 0 atom stereocenters. The van der Waals surface area contributed by atoms with Gasteiger partial charge in [0.25, 0.3) is 0 Å². The zero-order valence-corrected chi connectivity index (χ0v) is 11.0. The second kappa shape index (κ2) is 5.65. The van der Waals surface area contributed by atoms with Crippen molar-refractivity contribution in [3.05, 3.63) is 63.9 Å². The Bertz CT molecular complexity index is 605. The molecule has 90 valence electrons. The quantitative estimate of drug-likeness (QED) is 0.927. The van der Waals surface area contributed by atoms with Crippen molar-refractivity contribution in [2.24, 2.45) is 0 Å². The van der Waals surface area contributed by atoms with Crippen molar-refractivity contribution >= 4 is 21.6 Å². The first-order chi connectivity index (χ1) is 8.70. The van der Waals surface area contributed by atoms with E-state index < -0.39 is 0 Å². The van der Waals surface area contributed by atoms with Gasteiger partial charge in [0.15, 0.2) is 0 Å². The fourth-order valence-electron chi connectivity index (χ4n) is 1.59. The summed E-state index contributed by atoms with van der Waals surface area (Å²) in [6, 6.07) is 14.3. The van der Waals surface area contributed by atoms with Crippen molar-refractivity contribution in [1.82, 2.24) is 0 Å². The minimum Gasteiger partial charge on any atom is -0.381 e. The molecule has 0 aliphatic heterocycles. The van der Waals surface area contributed by atoms with E-state index in [-0.39, 0.29) is 5.82 Å². The van der Waals surface area contributed by atoms with Gasteiger partial charge in [-0.05, 0) is 45.8 Å². The molecular weight excluding hydrogens is 295 g/mol. The number of rotatable bonds is 3. The van der Waals surface area contributed by atoms with Crippen LogP contribution >= 0.6 is 15.9 Å². The molecule has 0 saturated carbocycles. The summed E-state index contributed by atoms with van der Waals surface area (Å²) < 4.78 is 13.5. The molecule has 2 rings (SSSR count). The molecule has 0 bridgehead atoms. The standard InChI is InChI=1S/C14H10BrFN2/c15-13-7-12(5-6-14(13)16)18-9-11-4-2-1-3-10(11)8-17/h1-7,18H,9H2. The van der Waals surface area contributed by atoms with Crippen LogP contribution in [0.4, 0.5) is 10.1 Å². The smallest absolute Gasteiger partial charge is 0.137 e. The largest absolute Gasteiger partial charge is 0.381 e. The summed E-state index contributed by atoms with van der Waals surface area (Å²) in [6.45, 7) is 0.530. The Kier molecular flexibility index (Phi) is 3.96. The van der Waals surface area contributed by atoms with Gasteiger partial charge in [0.1, 0.15) is 5.82 Å². The highest BCUT2D eigenvalue weighted by Gasteiger charge is 2.02. The SMILES string of the molecule is N#Cc1ccccc1CNc1ccc(F)c(Br)c1. The summed E-state index contributed by atoms with van der Waals surface area (Å²) in [6.07, 6.45) is 0. The lowest BCUT2D eigenvalue weighted by Crippen LogP contribution is -2.01. The molecule has 2 nitrogen and oxygen atoms in total. The Labute approximate surface area is 113 Å². The fourth-order valence-corrected chi connectivity index (χ4v) is 1.97. The molecule has 2 aromatic carbocycles. The highest BCUT2D eigenvalue weighted by Crippen LogP contribution is 2.20. The molecule has 0 fully saturated rings. The van der Waals surface area contributed by atoms with Crippen LogP contribution in [-0.2, 0) is 6.54 Å². The summed E-state index contributed by atoms with van der Waals surface area (Å²) >= 11 is 3.13. The normalized spacial score (nSPS) is 9.83. The van der Waals surface area contributed by atoms with E-state index >= 15 is 0 Å². The first kappa shape index (κ1) is 12.6. The second-order valence-electron chi connectivity index (χ2n) is 3.75. The average molecular weight is 305 g/mol. The number of benzene rings is 2. The molecule has 18 heavy (non-hydrogen) atoms. The lowest BCUT2D eigenvalue weighted by atomic mass is 10.1. The number of nitriles is 1. The summed E-state index contributed by atoms with van der Waals surface area (Å²) in [5, 5.41) is 12.1. The van der Waals surface area contributed by atoms with Crippen LogP contribution in [0.1, 0.15) is 11.1 Å². The molecule has 0 saturated heterocycles. The average Bonchev–Trinajstić information content (AvgIpc) is 2.40. The second-order valence-corrected chi connectivity index (χ2v) is 4.61. The van der Waals surface area contributed by atoms with Crippen LogP contribution in [-0.4, -0.2) is 0 Å². The molecule has 0 amide bonds. The van der Waals surface area contributed by atoms with Crippen LogP contribution in [0.25, 0.3) is 0 Å². The van der Waals surface area contributed by atoms with Crippen molar-refractivity contribution in [3.8, 4) is 6.07 Å². The molecule has 1 N–H and O–H groups in total. The van der Waals surface area contributed by atoms with Crippen LogP contribution in [0.15, 0.2) is 46.9 Å². The maximum Gasteiger partial charge on any atom is 0.137 e. The minimum absolute atomic E-state index is 0.294. The van der Waals surface area contributed by atoms with Gasteiger partial charge in [-0.15, -0.1) is 0 Å². The number of nitrogens with one attached hydrogen (secondary N) is 1. The highest BCUT2D eigenvalue weighted by molar-refractivity contribution is 9.10. The van der Waals surface area contributed by atoms with E-state index in [1.54, 1.807) is 18.2 Å². The zero-order chi connectivity index (χ0) is 13.0. The van der Waals surface area contributed by atoms with Gasteiger partial charge in [-0.1, -0.05) is 18.2 Å². The number of anilines is 1. The van der Waals surface area contributed by atoms with Gasteiger partial charge in [0.05, 0.1) is 16.1 Å². The monoisotopic (exact) mass is 304 g/mol. The Hall–Kier alpha value is -1.86. The van der Waals surface area contributed by atoms with Crippen LogP contribution < -0.4 is 5.32 Å². The minimum atomic E-state index is -0.294. The highest BCUT2D eigenvalue weighted by atomic mass is 79.9. The van der Waals surface area contributed by atoms with E-state index in [1.807, 2.05) is 18.2 Å². The van der Waals surface area contributed by atoms with Crippen molar-refractivity contribution in [2.75, 3.05) is 5.32 Å². The van der Waals surface area contributed by atoms with E-state index in [2.05, 4.69) is 27.3 Å². The zero-order valence-electron chi connectivity index (χ0n) is 9.45. The van der Waals surface area contributed by atoms with Crippen molar-refractivity contribution in [1.29, 1.82) is 5.26 Å². The third-order valence-electron chi connectivity index (χ3n) is 2.54. The van der Waals surface area contributed by atoms with Gasteiger partial charge in [-0.3, -0.25) is 0 Å². The first-order valence-electron chi connectivity index (χ1n) is 5.37. The van der Waals surface area contributed by atoms with Crippen LogP contribution in [0.2, 0.25) is 0 Å². The molecule has 2 aromatic rings. The number of hydrogen-bond acceptors (Lipinski definition) is 2. The summed E-state index contributed by atoms with van der Waals surface area (Å²) in [7, 11) is 0. The maximum atomic E-state index is 13.1. The lowest BCUT2D eigenvalue weighted by molar-refractivity contribution is 0.621. The van der Waals surface area contributed by atoms with Crippen molar-refractivity contribution in [3.63, 3.8) is 0 Å².